The maximum atomic E-state index is 13.1. The third-order valence-corrected chi connectivity index (χ3v) is 4.80. The van der Waals surface area contributed by atoms with Gasteiger partial charge in [-0.2, -0.15) is 5.10 Å². The van der Waals surface area contributed by atoms with Crippen molar-refractivity contribution >= 4 is 16.8 Å². The van der Waals surface area contributed by atoms with Crippen molar-refractivity contribution in [1.29, 1.82) is 0 Å². The fourth-order valence-electron chi connectivity index (χ4n) is 3.35. The SMILES string of the molecule is CN1CCN(C(=O)c2cccc3cn[nH]c23)C[C@@H]1c1nccn1C. The molecule has 1 atom stereocenters. The highest BCUT2D eigenvalue weighted by atomic mass is 16.2. The predicted molar refractivity (Wildman–Crippen MR) is 90.6 cm³/mol. The molecule has 0 spiro atoms. The van der Waals surface area contributed by atoms with Gasteiger partial charge in [-0.25, -0.2) is 4.98 Å². The molecular formula is C17H20N6O. The molecule has 0 radical (unpaired) electrons. The van der Waals surface area contributed by atoms with Crippen LogP contribution in [0.4, 0.5) is 0 Å². The number of carbonyl (C=O) groups is 1. The first-order chi connectivity index (χ1) is 11.6. The summed E-state index contributed by atoms with van der Waals surface area (Å²) in [4.78, 5) is 21.7. The molecule has 3 aromatic rings. The number of fused-ring (bicyclic) bond motifs is 1. The van der Waals surface area contributed by atoms with E-state index in [4.69, 9.17) is 0 Å². The molecule has 0 bridgehead atoms. The van der Waals surface area contributed by atoms with E-state index in [0.29, 0.717) is 18.7 Å². The van der Waals surface area contributed by atoms with E-state index in [-0.39, 0.29) is 11.9 Å². The van der Waals surface area contributed by atoms with Gasteiger partial charge in [0.1, 0.15) is 5.82 Å². The third kappa shape index (κ3) is 2.37. The van der Waals surface area contributed by atoms with Gasteiger partial charge in [0.05, 0.1) is 23.3 Å². The van der Waals surface area contributed by atoms with Crippen LogP contribution >= 0.6 is 0 Å². The van der Waals surface area contributed by atoms with Gasteiger partial charge in [0.15, 0.2) is 0 Å². The summed E-state index contributed by atoms with van der Waals surface area (Å²) in [5, 5.41) is 7.95. The van der Waals surface area contributed by atoms with Crippen molar-refractivity contribution in [1.82, 2.24) is 29.5 Å². The van der Waals surface area contributed by atoms with Crippen molar-refractivity contribution in [3.63, 3.8) is 0 Å². The van der Waals surface area contributed by atoms with E-state index in [1.807, 2.05) is 40.9 Å². The molecule has 1 aliphatic rings. The van der Waals surface area contributed by atoms with Crippen LogP contribution in [0.1, 0.15) is 22.2 Å². The Bertz CT molecular complexity index is 882. The van der Waals surface area contributed by atoms with Crippen molar-refractivity contribution < 1.29 is 4.79 Å². The zero-order chi connectivity index (χ0) is 16.7. The number of para-hydroxylation sites is 1. The summed E-state index contributed by atoms with van der Waals surface area (Å²) in [6, 6.07) is 5.81. The number of amides is 1. The van der Waals surface area contributed by atoms with Crippen LogP contribution in [0.15, 0.2) is 36.8 Å². The maximum Gasteiger partial charge on any atom is 0.256 e. The van der Waals surface area contributed by atoms with Crippen molar-refractivity contribution in [3.8, 4) is 0 Å². The number of likely N-dealkylation sites (N-methyl/N-ethyl adjacent to an activating group) is 1. The molecule has 24 heavy (non-hydrogen) atoms. The average molecular weight is 324 g/mol. The topological polar surface area (TPSA) is 70.1 Å². The summed E-state index contributed by atoms with van der Waals surface area (Å²) in [6.07, 6.45) is 5.48. The Labute approximate surface area is 139 Å². The molecule has 1 amide bonds. The zero-order valence-electron chi connectivity index (χ0n) is 13.8. The number of imidazole rings is 1. The van der Waals surface area contributed by atoms with Crippen molar-refractivity contribution in [2.24, 2.45) is 7.05 Å². The number of aromatic amines is 1. The molecule has 0 aliphatic carbocycles. The summed E-state index contributed by atoms with van der Waals surface area (Å²) in [5.41, 5.74) is 1.48. The Morgan fingerprint density at radius 3 is 2.96 bits per heavy atom. The van der Waals surface area contributed by atoms with Crippen LogP contribution in [0.5, 0.6) is 0 Å². The monoisotopic (exact) mass is 324 g/mol. The van der Waals surface area contributed by atoms with E-state index >= 15 is 0 Å². The lowest BCUT2D eigenvalue weighted by molar-refractivity contribution is 0.0530. The van der Waals surface area contributed by atoms with Gasteiger partial charge in [-0.1, -0.05) is 12.1 Å². The number of piperazine rings is 1. The molecule has 7 nitrogen and oxygen atoms in total. The van der Waals surface area contributed by atoms with Crippen LogP contribution in [0.3, 0.4) is 0 Å². The first-order valence-electron chi connectivity index (χ1n) is 8.04. The summed E-state index contributed by atoms with van der Waals surface area (Å²) < 4.78 is 2.02. The van der Waals surface area contributed by atoms with Gasteiger partial charge in [-0.3, -0.25) is 14.8 Å². The molecule has 1 saturated heterocycles. The molecule has 7 heteroatoms. The molecule has 1 N–H and O–H groups in total. The quantitative estimate of drug-likeness (QED) is 0.774. The van der Waals surface area contributed by atoms with Gasteiger partial charge in [0, 0.05) is 44.5 Å². The third-order valence-electron chi connectivity index (χ3n) is 4.80. The van der Waals surface area contributed by atoms with E-state index in [1.54, 1.807) is 12.4 Å². The van der Waals surface area contributed by atoms with E-state index in [9.17, 15) is 4.79 Å². The number of H-pyrrole nitrogens is 1. The van der Waals surface area contributed by atoms with E-state index < -0.39 is 0 Å². The fourth-order valence-corrected chi connectivity index (χ4v) is 3.35. The summed E-state index contributed by atoms with van der Waals surface area (Å²) >= 11 is 0. The number of benzene rings is 1. The Balaban J connectivity index is 1.63. The highest BCUT2D eigenvalue weighted by molar-refractivity contribution is 6.05. The van der Waals surface area contributed by atoms with E-state index in [1.165, 1.54) is 0 Å². The number of hydrogen-bond acceptors (Lipinski definition) is 4. The Morgan fingerprint density at radius 2 is 2.17 bits per heavy atom. The minimum absolute atomic E-state index is 0.0390. The summed E-state index contributed by atoms with van der Waals surface area (Å²) in [7, 11) is 4.07. The molecule has 1 aliphatic heterocycles. The molecule has 4 rings (SSSR count). The van der Waals surface area contributed by atoms with Crippen molar-refractivity contribution in [3.05, 3.63) is 48.2 Å². The van der Waals surface area contributed by atoms with Crippen LogP contribution in [0.25, 0.3) is 10.9 Å². The Hall–Kier alpha value is -2.67. The second kappa shape index (κ2) is 5.76. The van der Waals surface area contributed by atoms with Crippen LogP contribution in [-0.2, 0) is 7.05 Å². The number of nitrogens with one attached hydrogen (secondary N) is 1. The largest absolute Gasteiger partial charge is 0.337 e. The highest BCUT2D eigenvalue weighted by Gasteiger charge is 2.31. The molecule has 1 aromatic carbocycles. The molecule has 124 valence electrons. The van der Waals surface area contributed by atoms with Crippen molar-refractivity contribution in [2.45, 2.75) is 6.04 Å². The second-order valence-electron chi connectivity index (χ2n) is 6.28. The average Bonchev–Trinajstić information content (AvgIpc) is 3.23. The number of hydrogen-bond donors (Lipinski definition) is 1. The van der Waals surface area contributed by atoms with Crippen LogP contribution in [-0.4, -0.2) is 62.1 Å². The lowest BCUT2D eigenvalue weighted by Crippen LogP contribution is -2.49. The van der Waals surface area contributed by atoms with Gasteiger partial charge in [-0.05, 0) is 13.1 Å². The lowest BCUT2D eigenvalue weighted by Gasteiger charge is -2.39. The summed E-state index contributed by atoms with van der Waals surface area (Å²) in [5.74, 6) is 1.02. The Morgan fingerprint density at radius 1 is 1.29 bits per heavy atom. The van der Waals surface area contributed by atoms with Gasteiger partial charge >= 0.3 is 0 Å². The molecule has 2 aromatic heterocycles. The van der Waals surface area contributed by atoms with Gasteiger partial charge < -0.3 is 9.47 Å². The first-order valence-corrected chi connectivity index (χ1v) is 8.04. The van der Waals surface area contributed by atoms with Gasteiger partial charge in [0.25, 0.3) is 5.91 Å². The van der Waals surface area contributed by atoms with Gasteiger partial charge in [0.2, 0.25) is 0 Å². The van der Waals surface area contributed by atoms with E-state index in [0.717, 1.165) is 23.3 Å². The molecular weight excluding hydrogens is 304 g/mol. The molecule has 0 unspecified atom stereocenters. The van der Waals surface area contributed by atoms with Crippen LogP contribution < -0.4 is 0 Å². The zero-order valence-corrected chi connectivity index (χ0v) is 13.8. The highest BCUT2D eigenvalue weighted by Crippen LogP contribution is 2.25. The van der Waals surface area contributed by atoms with E-state index in [2.05, 4.69) is 27.1 Å². The predicted octanol–water partition coefficient (Wildman–Crippen LogP) is 1.43. The number of rotatable bonds is 2. The van der Waals surface area contributed by atoms with Crippen LogP contribution in [0.2, 0.25) is 0 Å². The minimum atomic E-state index is 0.0390. The van der Waals surface area contributed by atoms with Crippen LogP contribution in [0, 0.1) is 0 Å². The first kappa shape index (κ1) is 14.9. The second-order valence-corrected chi connectivity index (χ2v) is 6.28. The molecule has 3 heterocycles. The molecule has 1 fully saturated rings. The normalized spacial score (nSPS) is 19.1. The number of aromatic nitrogens is 4. The number of nitrogens with zero attached hydrogens (tertiary/aromatic N) is 5. The van der Waals surface area contributed by atoms with Gasteiger partial charge in [-0.15, -0.1) is 0 Å². The lowest BCUT2D eigenvalue weighted by atomic mass is 10.1. The molecule has 0 saturated carbocycles. The number of carbonyl (C=O) groups excluding carboxylic acids is 1. The fraction of sp³-hybridized carbons (Fsp3) is 0.353. The van der Waals surface area contributed by atoms with Crippen molar-refractivity contribution in [2.75, 3.05) is 26.7 Å². The summed E-state index contributed by atoms with van der Waals surface area (Å²) in [6.45, 7) is 2.16. The Kier molecular flexibility index (Phi) is 3.57. The standard InChI is InChI=1S/C17H20N6O/c1-21-8-9-23(11-14(21)16-18-6-7-22(16)2)17(24)13-5-3-4-12-10-19-20-15(12)13/h3-7,10,14H,8-9,11H2,1-2H3,(H,19,20)/t14-/m1/s1. The minimum Gasteiger partial charge on any atom is -0.337 e. The maximum absolute atomic E-state index is 13.1. The number of aryl methyl sites for hydroxylation is 1. The smallest absolute Gasteiger partial charge is 0.256 e.